The smallest absolute Gasteiger partial charge is 0.305 e. The fourth-order valence-electron chi connectivity index (χ4n) is 3.25. The molecule has 2 aromatic rings. The van der Waals surface area contributed by atoms with Crippen LogP contribution in [-0.2, 0) is 16.6 Å². The lowest BCUT2D eigenvalue weighted by molar-refractivity contribution is -0.136. The second-order valence-electron chi connectivity index (χ2n) is 5.82. The first-order chi connectivity index (χ1) is 11.4. The second-order valence-corrected chi connectivity index (χ2v) is 5.82. The Labute approximate surface area is 134 Å². The SMILES string of the molecule is Cn1c(=O)[nH]c2c3c(ccc21)C(=O)N(C1CCC(=O)NC1=O)C3=O. The van der Waals surface area contributed by atoms with Crippen LogP contribution in [0.15, 0.2) is 16.9 Å². The van der Waals surface area contributed by atoms with Crippen molar-refractivity contribution in [3.8, 4) is 0 Å². The first-order valence-electron chi connectivity index (χ1n) is 7.33. The molecule has 1 atom stereocenters. The minimum atomic E-state index is -1.03. The zero-order valence-corrected chi connectivity index (χ0v) is 12.6. The molecule has 2 aliphatic heterocycles. The van der Waals surface area contributed by atoms with Gasteiger partial charge in [0.1, 0.15) is 6.04 Å². The van der Waals surface area contributed by atoms with Gasteiger partial charge in [0.25, 0.3) is 11.8 Å². The number of nitrogens with zero attached hydrogens (tertiary/aromatic N) is 2. The zero-order valence-electron chi connectivity index (χ0n) is 12.6. The lowest BCUT2D eigenvalue weighted by Crippen LogP contribution is -2.54. The summed E-state index contributed by atoms with van der Waals surface area (Å²) >= 11 is 0. The topological polar surface area (TPSA) is 121 Å². The number of aryl methyl sites for hydroxylation is 1. The molecule has 1 aromatic carbocycles. The molecule has 3 heterocycles. The minimum absolute atomic E-state index is 0.0569. The predicted octanol–water partition coefficient (Wildman–Crippen LogP) is -0.732. The number of fused-ring (bicyclic) bond motifs is 3. The maximum absolute atomic E-state index is 12.8. The summed E-state index contributed by atoms with van der Waals surface area (Å²) in [4.78, 5) is 63.9. The largest absolute Gasteiger partial charge is 0.326 e. The van der Waals surface area contributed by atoms with Crippen molar-refractivity contribution in [1.29, 1.82) is 0 Å². The van der Waals surface area contributed by atoms with Gasteiger partial charge in [0.2, 0.25) is 11.8 Å². The Hall–Kier alpha value is -3.23. The van der Waals surface area contributed by atoms with E-state index in [0.717, 1.165) is 4.90 Å². The number of aromatic amines is 1. The van der Waals surface area contributed by atoms with E-state index in [1.807, 2.05) is 0 Å². The summed E-state index contributed by atoms with van der Waals surface area (Å²) in [6, 6.07) is 2.02. The van der Waals surface area contributed by atoms with Crippen LogP contribution in [0.25, 0.3) is 11.0 Å². The third-order valence-electron chi connectivity index (χ3n) is 4.48. The molecule has 2 aliphatic rings. The average molecular weight is 328 g/mol. The quantitative estimate of drug-likeness (QED) is 0.668. The molecule has 0 aliphatic carbocycles. The first-order valence-corrected chi connectivity index (χ1v) is 7.33. The molecular formula is C15H12N4O5. The van der Waals surface area contributed by atoms with Crippen LogP contribution < -0.4 is 11.0 Å². The molecule has 1 unspecified atom stereocenters. The Kier molecular flexibility index (Phi) is 2.77. The van der Waals surface area contributed by atoms with Crippen molar-refractivity contribution < 1.29 is 19.2 Å². The van der Waals surface area contributed by atoms with Crippen molar-refractivity contribution >= 4 is 34.7 Å². The van der Waals surface area contributed by atoms with Gasteiger partial charge in [-0.15, -0.1) is 0 Å². The molecule has 1 saturated heterocycles. The number of hydrogen-bond acceptors (Lipinski definition) is 5. The van der Waals surface area contributed by atoms with Gasteiger partial charge < -0.3 is 4.98 Å². The number of aromatic nitrogens is 2. The average Bonchev–Trinajstić information content (AvgIpc) is 2.96. The number of imidazole rings is 1. The molecule has 0 spiro atoms. The van der Waals surface area contributed by atoms with Crippen molar-refractivity contribution in [3.05, 3.63) is 33.7 Å². The van der Waals surface area contributed by atoms with E-state index < -0.39 is 35.4 Å². The number of imide groups is 2. The number of hydrogen-bond donors (Lipinski definition) is 2. The van der Waals surface area contributed by atoms with Gasteiger partial charge in [-0.05, 0) is 18.6 Å². The van der Waals surface area contributed by atoms with Crippen LogP contribution in [0.5, 0.6) is 0 Å². The van der Waals surface area contributed by atoms with Gasteiger partial charge in [-0.25, -0.2) is 4.79 Å². The van der Waals surface area contributed by atoms with Crippen LogP contribution in [0.4, 0.5) is 0 Å². The standard InChI is InChI=1S/C15H12N4O5/c1-18-7-3-2-6-10(11(7)17-15(18)24)14(23)19(13(6)22)8-4-5-9(20)16-12(8)21/h2-3,8H,4-5H2,1H3,(H,17,24)(H,16,20,21). The molecule has 4 rings (SSSR count). The Bertz CT molecular complexity index is 1010. The van der Waals surface area contributed by atoms with E-state index in [4.69, 9.17) is 0 Å². The van der Waals surface area contributed by atoms with E-state index in [1.54, 1.807) is 13.1 Å². The summed E-state index contributed by atoms with van der Waals surface area (Å²) in [5, 5.41) is 2.14. The molecule has 1 fully saturated rings. The monoisotopic (exact) mass is 328 g/mol. The van der Waals surface area contributed by atoms with E-state index >= 15 is 0 Å². The summed E-state index contributed by atoms with van der Waals surface area (Å²) in [6.45, 7) is 0. The molecule has 0 saturated carbocycles. The number of nitrogens with one attached hydrogen (secondary N) is 2. The highest BCUT2D eigenvalue weighted by Crippen LogP contribution is 2.31. The van der Waals surface area contributed by atoms with E-state index in [-0.39, 0.29) is 29.5 Å². The number of carbonyl (C=O) groups excluding carboxylic acids is 4. The third-order valence-corrected chi connectivity index (χ3v) is 4.48. The second kappa shape index (κ2) is 4.63. The number of piperidine rings is 1. The lowest BCUT2D eigenvalue weighted by Gasteiger charge is -2.27. The molecule has 0 radical (unpaired) electrons. The summed E-state index contributed by atoms with van der Waals surface area (Å²) < 4.78 is 1.34. The highest BCUT2D eigenvalue weighted by atomic mass is 16.2. The van der Waals surface area contributed by atoms with Crippen molar-refractivity contribution in [2.24, 2.45) is 7.05 Å². The molecule has 9 nitrogen and oxygen atoms in total. The number of carbonyl (C=O) groups is 4. The number of amides is 4. The van der Waals surface area contributed by atoms with Crippen molar-refractivity contribution in [2.45, 2.75) is 18.9 Å². The van der Waals surface area contributed by atoms with Crippen LogP contribution in [0.1, 0.15) is 33.6 Å². The zero-order chi connectivity index (χ0) is 17.2. The summed E-state index contributed by atoms with van der Waals surface area (Å²) in [7, 11) is 1.55. The van der Waals surface area contributed by atoms with Gasteiger partial charge in [0.05, 0.1) is 22.2 Å². The summed E-state index contributed by atoms with van der Waals surface area (Å²) in [5.74, 6) is -2.34. The van der Waals surface area contributed by atoms with Gasteiger partial charge in [-0.1, -0.05) is 0 Å². The molecular weight excluding hydrogens is 316 g/mol. The van der Waals surface area contributed by atoms with Gasteiger partial charge >= 0.3 is 5.69 Å². The van der Waals surface area contributed by atoms with Crippen molar-refractivity contribution in [3.63, 3.8) is 0 Å². The molecule has 1 aromatic heterocycles. The van der Waals surface area contributed by atoms with Crippen LogP contribution in [-0.4, -0.2) is 44.1 Å². The van der Waals surface area contributed by atoms with Crippen LogP contribution >= 0.6 is 0 Å². The third kappa shape index (κ3) is 1.72. The number of H-pyrrole nitrogens is 1. The molecule has 9 heteroatoms. The lowest BCUT2D eigenvalue weighted by atomic mass is 10.0. The van der Waals surface area contributed by atoms with Crippen LogP contribution in [0, 0.1) is 0 Å². The summed E-state index contributed by atoms with van der Waals surface area (Å²) in [5.41, 5.74) is 0.579. The fraction of sp³-hybridized carbons (Fsp3) is 0.267. The Balaban J connectivity index is 1.85. The van der Waals surface area contributed by atoms with E-state index in [1.165, 1.54) is 10.6 Å². The highest BCUT2D eigenvalue weighted by molar-refractivity contribution is 6.27. The minimum Gasteiger partial charge on any atom is -0.305 e. The first kappa shape index (κ1) is 14.4. The van der Waals surface area contributed by atoms with Gasteiger partial charge in [-0.3, -0.25) is 34.0 Å². The molecule has 122 valence electrons. The fourth-order valence-corrected chi connectivity index (χ4v) is 3.25. The predicted molar refractivity (Wildman–Crippen MR) is 80.2 cm³/mol. The van der Waals surface area contributed by atoms with Crippen molar-refractivity contribution in [2.75, 3.05) is 0 Å². The van der Waals surface area contributed by atoms with E-state index in [2.05, 4.69) is 10.3 Å². The summed E-state index contributed by atoms with van der Waals surface area (Å²) in [6.07, 6.45) is 0.145. The Morgan fingerprint density at radius 2 is 1.83 bits per heavy atom. The van der Waals surface area contributed by atoms with Crippen LogP contribution in [0.2, 0.25) is 0 Å². The Morgan fingerprint density at radius 3 is 2.54 bits per heavy atom. The normalized spacial score (nSPS) is 20.7. The maximum Gasteiger partial charge on any atom is 0.326 e. The van der Waals surface area contributed by atoms with Crippen LogP contribution in [0.3, 0.4) is 0 Å². The maximum atomic E-state index is 12.8. The highest BCUT2D eigenvalue weighted by Gasteiger charge is 2.45. The van der Waals surface area contributed by atoms with E-state index in [9.17, 15) is 24.0 Å². The molecule has 24 heavy (non-hydrogen) atoms. The van der Waals surface area contributed by atoms with Gasteiger partial charge in [-0.2, -0.15) is 0 Å². The molecule has 2 N–H and O–H groups in total. The van der Waals surface area contributed by atoms with Gasteiger partial charge in [0.15, 0.2) is 0 Å². The molecule has 0 bridgehead atoms. The number of benzene rings is 1. The molecule has 4 amide bonds. The van der Waals surface area contributed by atoms with Gasteiger partial charge in [0, 0.05) is 13.5 Å². The Morgan fingerprint density at radius 1 is 1.08 bits per heavy atom. The number of rotatable bonds is 1. The van der Waals surface area contributed by atoms with Crippen molar-refractivity contribution in [1.82, 2.24) is 19.8 Å². The van der Waals surface area contributed by atoms with E-state index in [0.29, 0.717) is 5.52 Å².